The number of nitrogens with zero attached hydrogens (tertiary/aromatic N) is 3. The number of alkyl halides is 3. The molecule has 5 atom stereocenters. The minimum atomic E-state index is -4.74. The number of aromatic nitrogens is 3. The molecule has 2 aromatic carbocycles. The zero-order valence-electron chi connectivity index (χ0n) is 21.4. The average Bonchev–Trinajstić information content (AvgIpc) is 3.38. The summed E-state index contributed by atoms with van der Waals surface area (Å²) in [5.41, 5.74) is 2.39. The third-order valence-electron chi connectivity index (χ3n) is 6.26. The smallest absolute Gasteiger partial charge is 0.406 e. The lowest BCUT2D eigenvalue weighted by atomic mass is 9.99. The van der Waals surface area contributed by atoms with E-state index in [4.69, 9.17) is 23.7 Å². The minimum Gasteiger partial charge on any atom is -0.406 e. The Hall–Kier alpha value is -3.03. The van der Waals surface area contributed by atoms with Gasteiger partial charge in [0.2, 0.25) is 0 Å². The standard InChI is InChI=1S/C26H30F3N3O6/c1-16-21(33-2)22(34-3)23(35-4)25(37-16)36-14-13-17-5-7-18(8-6-17)24-30-15-32(31-24)19-9-11-20(12-10-19)38-26(27,28)29/h5-12,15-16,21-23,25H,13-14H2,1-4H3/t16-,21-,22+,23+,25+/m0/s1. The van der Waals surface area contributed by atoms with Crippen molar-refractivity contribution < 1.29 is 41.6 Å². The molecule has 4 rings (SSSR count). The van der Waals surface area contributed by atoms with Gasteiger partial charge in [0, 0.05) is 26.9 Å². The molecular formula is C26H30F3N3O6. The van der Waals surface area contributed by atoms with Crippen molar-refractivity contribution in [2.45, 2.75) is 50.4 Å². The molecule has 3 aromatic rings. The first-order chi connectivity index (χ1) is 18.2. The monoisotopic (exact) mass is 537 g/mol. The quantitative estimate of drug-likeness (QED) is 0.381. The van der Waals surface area contributed by atoms with Crippen LogP contribution in [0.3, 0.4) is 0 Å². The van der Waals surface area contributed by atoms with E-state index in [1.54, 1.807) is 21.3 Å². The molecule has 0 radical (unpaired) electrons. The highest BCUT2D eigenvalue weighted by Gasteiger charge is 2.45. The topological polar surface area (TPSA) is 86.1 Å². The number of benzene rings is 2. The Balaban J connectivity index is 1.33. The predicted molar refractivity (Wildman–Crippen MR) is 130 cm³/mol. The first kappa shape index (κ1) is 28.0. The predicted octanol–water partition coefficient (Wildman–Crippen LogP) is 4.18. The largest absolute Gasteiger partial charge is 0.573 e. The lowest BCUT2D eigenvalue weighted by molar-refractivity contribution is -0.304. The van der Waals surface area contributed by atoms with E-state index in [1.165, 1.54) is 35.3 Å². The summed E-state index contributed by atoms with van der Waals surface area (Å²) in [5, 5.41) is 4.43. The van der Waals surface area contributed by atoms with Crippen LogP contribution in [-0.2, 0) is 30.1 Å². The third kappa shape index (κ3) is 6.69. The van der Waals surface area contributed by atoms with E-state index in [2.05, 4.69) is 14.8 Å². The molecule has 0 amide bonds. The fourth-order valence-corrected chi connectivity index (χ4v) is 4.38. The van der Waals surface area contributed by atoms with Gasteiger partial charge in [0.15, 0.2) is 12.1 Å². The average molecular weight is 538 g/mol. The molecule has 0 saturated carbocycles. The summed E-state index contributed by atoms with van der Waals surface area (Å²) in [6.07, 6.45) is -4.44. The van der Waals surface area contributed by atoms with Crippen molar-refractivity contribution in [3.63, 3.8) is 0 Å². The molecule has 0 aliphatic carbocycles. The van der Waals surface area contributed by atoms with Crippen molar-refractivity contribution in [1.29, 1.82) is 0 Å². The molecule has 2 heterocycles. The Morgan fingerprint density at radius 1 is 0.895 bits per heavy atom. The highest BCUT2D eigenvalue weighted by Crippen LogP contribution is 2.28. The minimum absolute atomic E-state index is 0.223. The van der Waals surface area contributed by atoms with Crippen molar-refractivity contribution in [2.75, 3.05) is 27.9 Å². The van der Waals surface area contributed by atoms with E-state index in [0.29, 0.717) is 24.5 Å². The zero-order chi connectivity index (χ0) is 27.3. The molecule has 9 nitrogen and oxygen atoms in total. The first-order valence-corrected chi connectivity index (χ1v) is 11.9. The number of hydrogen-bond acceptors (Lipinski definition) is 8. The van der Waals surface area contributed by atoms with Crippen molar-refractivity contribution in [3.8, 4) is 22.8 Å². The van der Waals surface area contributed by atoms with Crippen LogP contribution in [0.2, 0.25) is 0 Å². The van der Waals surface area contributed by atoms with Gasteiger partial charge >= 0.3 is 6.36 Å². The normalized spacial score (nSPS) is 23.9. The van der Waals surface area contributed by atoms with E-state index in [9.17, 15) is 13.2 Å². The summed E-state index contributed by atoms with van der Waals surface area (Å²) in [6.45, 7) is 2.32. The van der Waals surface area contributed by atoms with Gasteiger partial charge in [-0.1, -0.05) is 24.3 Å². The van der Waals surface area contributed by atoms with Crippen LogP contribution in [0.15, 0.2) is 54.9 Å². The Morgan fingerprint density at radius 3 is 2.16 bits per heavy atom. The van der Waals surface area contributed by atoms with E-state index in [-0.39, 0.29) is 24.1 Å². The third-order valence-corrected chi connectivity index (χ3v) is 6.26. The summed E-state index contributed by atoms with van der Waals surface area (Å²) in [6, 6.07) is 13.1. The fourth-order valence-electron chi connectivity index (χ4n) is 4.38. The summed E-state index contributed by atoms with van der Waals surface area (Å²) in [5.74, 6) is 0.176. The summed E-state index contributed by atoms with van der Waals surface area (Å²) in [7, 11) is 4.81. The maximum atomic E-state index is 12.4. The molecule has 38 heavy (non-hydrogen) atoms. The summed E-state index contributed by atoms with van der Waals surface area (Å²) in [4.78, 5) is 4.31. The highest BCUT2D eigenvalue weighted by atomic mass is 19.4. The van der Waals surface area contributed by atoms with Crippen LogP contribution in [0.25, 0.3) is 17.1 Å². The number of hydrogen-bond donors (Lipinski definition) is 0. The van der Waals surface area contributed by atoms with Crippen molar-refractivity contribution in [2.24, 2.45) is 0 Å². The Morgan fingerprint density at radius 2 is 1.55 bits per heavy atom. The second kappa shape index (κ2) is 12.2. The second-order valence-corrected chi connectivity index (χ2v) is 8.68. The number of ether oxygens (including phenoxy) is 6. The molecular weight excluding hydrogens is 507 g/mol. The Kier molecular flexibility index (Phi) is 9.00. The van der Waals surface area contributed by atoms with Crippen molar-refractivity contribution >= 4 is 0 Å². The van der Waals surface area contributed by atoms with Gasteiger partial charge in [-0.2, -0.15) is 0 Å². The highest BCUT2D eigenvalue weighted by molar-refractivity contribution is 5.55. The van der Waals surface area contributed by atoms with Gasteiger partial charge in [-0.05, 0) is 43.2 Å². The lowest BCUT2D eigenvalue weighted by Crippen LogP contribution is -2.59. The van der Waals surface area contributed by atoms with Crippen LogP contribution in [-0.4, -0.2) is 79.8 Å². The summed E-state index contributed by atoms with van der Waals surface area (Å²) < 4.78 is 71.1. The molecule has 1 saturated heterocycles. The van der Waals surface area contributed by atoms with Gasteiger partial charge in [0.25, 0.3) is 0 Å². The van der Waals surface area contributed by atoms with E-state index >= 15 is 0 Å². The zero-order valence-corrected chi connectivity index (χ0v) is 21.4. The second-order valence-electron chi connectivity index (χ2n) is 8.68. The number of halogens is 3. The molecule has 1 aliphatic heterocycles. The SMILES string of the molecule is CO[C@@H]1[C@@H](OC)[C@H](C)O[C@@H](OCCc2ccc(-c3ncn(-c4ccc(OC(F)(F)F)cc4)n3)cc2)[C@@H]1OC. The fraction of sp³-hybridized carbons (Fsp3) is 0.462. The van der Waals surface area contributed by atoms with Gasteiger partial charge in [0.05, 0.1) is 18.4 Å². The van der Waals surface area contributed by atoms with Crippen LogP contribution in [0, 0.1) is 0 Å². The van der Waals surface area contributed by atoms with Crippen molar-refractivity contribution in [3.05, 3.63) is 60.4 Å². The summed E-state index contributed by atoms with van der Waals surface area (Å²) >= 11 is 0. The lowest BCUT2D eigenvalue weighted by Gasteiger charge is -2.43. The molecule has 1 fully saturated rings. The molecule has 206 valence electrons. The van der Waals surface area contributed by atoms with Crippen LogP contribution in [0.4, 0.5) is 13.2 Å². The number of rotatable bonds is 10. The molecule has 1 aliphatic rings. The molecule has 0 unspecified atom stereocenters. The van der Waals surface area contributed by atoms with Gasteiger partial charge < -0.3 is 28.4 Å². The van der Waals surface area contributed by atoms with Gasteiger partial charge in [0.1, 0.15) is 30.4 Å². The van der Waals surface area contributed by atoms with Gasteiger partial charge in [-0.3, -0.25) is 0 Å². The number of methoxy groups -OCH3 is 3. The van der Waals surface area contributed by atoms with Crippen LogP contribution >= 0.6 is 0 Å². The van der Waals surface area contributed by atoms with E-state index < -0.39 is 18.8 Å². The molecule has 12 heteroatoms. The Bertz CT molecular complexity index is 1160. The maximum absolute atomic E-state index is 12.4. The first-order valence-electron chi connectivity index (χ1n) is 11.9. The van der Waals surface area contributed by atoms with E-state index in [0.717, 1.165) is 11.1 Å². The molecule has 0 spiro atoms. The molecule has 0 N–H and O–H groups in total. The maximum Gasteiger partial charge on any atom is 0.573 e. The van der Waals surface area contributed by atoms with E-state index in [1.807, 2.05) is 31.2 Å². The van der Waals surface area contributed by atoms with Gasteiger partial charge in [-0.25, -0.2) is 9.67 Å². The van der Waals surface area contributed by atoms with Gasteiger partial charge in [-0.15, -0.1) is 18.3 Å². The Labute approximate surface area is 218 Å². The van der Waals surface area contributed by atoms with Crippen LogP contribution in [0.1, 0.15) is 12.5 Å². The van der Waals surface area contributed by atoms with Crippen molar-refractivity contribution in [1.82, 2.24) is 14.8 Å². The van der Waals surface area contributed by atoms with Crippen LogP contribution in [0.5, 0.6) is 5.75 Å². The molecule has 1 aromatic heterocycles. The molecule has 0 bridgehead atoms. The van der Waals surface area contributed by atoms with Crippen LogP contribution < -0.4 is 4.74 Å².